The summed E-state index contributed by atoms with van der Waals surface area (Å²) in [5.74, 6) is -0.226. The molecule has 1 heterocycles. The van der Waals surface area contributed by atoms with E-state index in [1.54, 1.807) is 30.0 Å². The number of hydrogen-bond donors (Lipinski definition) is 1. The largest absolute Gasteiger partial charge is 0.450 e. The number of nitrogens with one attached hydrogen (secondary N) is 1. The van der Waals surface area contributed by atoms with Gasteiger partial charge in [0.05, 0.1) is 17.2 Å². The quantitative estimate of drug-likeness (QED) is 0.914. The molecule has 0 aromatic heterocycles. The van der Waals surface area contributed by atoms with Crippen molar-refractivity contribution in [3.8, 4) is 0 Å². The third-order valence-electron chi connectivity index (χ3n) is 3.53. The van der Waals surface area contributed by atoms with Gasteiger partial charge in [0.1, 0.15) is 0 Å². The molecule has 0 unspecified atom stereocenters. The second-order valence-electron chi connectivity index (χ2n) is 5.06. The summed E-state index contributed by atoms with van der Waals surface area (Å²) >= 11 is 11.8. The Bertz CT molecular complexity index is 558. The van der Waals surface area contributed by atoms with Crippen LogP contribution < -0.4 is 5.32 Å². The lowest BCUT2D eigenvalue weighted by molar-refractivity contribution is 0.0860. The van der Waals surface area contributed by atoms with E-state index in [0.717, 1.165) is 0 Å². The third kappa shape index (κ3) is 4.27. The van der Waals surface area contributed by atoms with Crippen LogP contribution in [0.15, 0.2) is 18.2 Å². The molecule has 22 heavy (non-hydrogen) atoms. The second-order valence-corrected chi connectivity index (χ2v) is 5.90. The molecule has 1 fully saturated rings. The van der Waals surface area contributed by atoms with Crippen LogP contribution in [-0.4, -0.2) is 42.6 Å². The number of halogens is 2. The lowest BCUT2D eigenvalue weighted by atomic mass is 10.0. The lowest BCUT2D eigenvalue weighted by Gasteiger charge is -2.31. The van der Waals surface area contributed by atoms with Gasteiger partial charge in [-0.25, -0.2) is 4.79 Å². The first-order chi connectivity index (χ1) is 10.5. The van der Waals surface area contributed by atoms with Crippen LogP contribution in [0.2, 0.25) is 10.0 Å². The molecule has 1 aromatic rings. The molecule has 5 nitrogen and oxygen atoms in total. The summed E-state index contributed by atoms with van der Waals surface area (Å²) in [6.45, 7) is 3.28. The van der Waals surface area contributed by atoms with Gasteiger partial charge in [0, 0.05) is 24.2 Å². The number of piperidine rings is 1. The predicted molar refractivity (Wildman–Crippen MR) is 85.5 cm³/mol. The molecule has 7 heteroatoms. The molecule has 0 bridgehead atoms. The van der Waals surface area contributed by atoms with Crippen LogP contribution >= 0.6 is 23.2 Å². The van der Waals surface area contributed by atoms with Gasteiger partial charge in [0.15, 0.2) is 0 Å². The first-order valence-corrected chi connectivity index (χ1v) is 7.94. The molecule has 1 aliphatic rings. The maximum absolute atomic E-state index is 12.2. The second kappa shape index (κ2) is 7.70. The van der Waals surface area contributed by atoms with E-state index >= 15 is 0 Å². The minimum atomic E-state index is -0.298. The highest BCUT2D eigenvalue weighted by molar-refractivity contribution is 6.36. The maximum atomic E-state index is 12.2. The smallest absolute Gasteiger partial charge is 0.409 e. The Kier molecular flexibility index (Phi) is 5.91. The van der Waals surface area contributed by atoms with Gasteiger partial charge in [-0.05, 0) is 38.0 Å². The Hall–Kier alpha value is -1.46. The molecule has 0 atom stereocenters. The molecule has 2 rings (SSSR count). The number of benzene rings is 1. The topological polar surface area (TPSA) is 58.6 Å². The van der Waals surface area contributed by atoms with Crippen LogP contribution in [0.25, 0.3) is 0 Å². The van der Waals surface area contributed by atoms with Crippen molar-refractivity contribution in [3.63, 3.8) is 0 Å². The van der Waals surface area contributed by atoms with Crippen LogP contribution in [-0.2, 0) is 4.74 Å². The standard InChI is InChI=1S/C15H18Cl2N2O3/c1-2-22-15(21)19-7-5-11(6-8-19)18-14(20)12-4-3-10(16)9-13(12)17/h3-4,9,11H,2,5-8H2,1H3,(H,18,20). The van der Waals surface area contributed by atoms with E-state index in [-0.39, 0.29) is 18.0 Å². The normalized spacial score (nSPS) is 15.5. The van der Waals surface area contributed by atoms with Crippen molar-refractivity contribution in [2.45, 2.75) is 25.8 Å². The van der Waals surface area contributed by atoms with E-state index in [4.69, 9.17) is 27.9 Å². The van der Waals surface area contributed by atoms with Gasteiger partial charge < -0.3 is 15.0 Å². The SMILES string of the molecule is CCOC(=O)N1CCC(NC(=O)c2ccc(Cl)cc2Cl)CC1. The van der Waals surface area contributed by atoms with Gasteiger partial charge in [-0.2, -0.15) is 0 Å². The number of rotatable bonds is 3. The van der Waals surface area contributed by atoms with Crippen molar-refractivity contribution >= 4 is 35.2 Å². The van der Waals surface area contributed by atoms with E-state index in [9.17, 15) is 9.59 Å². The van der Waals surface area contributed by atoms with Gasteiger partial charge >= 0.3 is 6.09 Å². The fourth-order valence-corrected chi connectivity index (χ4v) is 2.85. The van der Waals surface area contributed by atoms with Gasteiger partial charge in [-0.3, -0.25) is 4.79 Å². The maximum Gasteiger partial charge on any atom is 0.409 e. The highest BCUT2D eigenvalue weighted by Crippen LogP contribution is 2.21. The first-order valence-electron chi connectivity index (χ1n) is 7.19. The summed E-state index contributed by atoms with van der Waals surface area (Å²) in [5.41, 5.74) is 0.402. The van der Waals surface area contributed by atoms with Crippen molar-refractivity contribution < 1.29 is 14.3 Å². The molecule has 120 valence electrons. The Morgan fingerprint density at radius 1 is 1.32 bits per heavy atom. The minimum absolute atomic E-state index is 0.0184. The average molecular weight is 345 g/mol. The Balaban J connectivity index is 1.88. The predicted octanol–water partition coefficient (Wildman–Crippen LogP) is 3.34. The van der Waals surface area contributed by atoms with Crippen LogP contribution in [0.4, 0.5) is 4.79 Å². The van der Waals surface area contributed by atoms with E-state index < -0.39 is 0 Å². The molecular weight excluding hydrogens is 327 g/mol. The molecule has 1 aromatic carbocycles. The van der Waals surface area contributed by atoms with Gasteiger partial charge in [-0.1, -0.05) is 23.2 Å². The average Bonchev–Trinajstić information content (AvgIpc) is 2.48. The van der Waals surface area contributed by atoms with Crippen LogP contribution in [0.3, 0.4) is 0 Å². The Morgan fingerprint density at radius 3 is 2.59 bits per heavy atom. The zero-order chi connectivity index (χ0) is 16.1. The van der Waals surface area contributed by atoms with E-state index in [0.29, 0.717) is 48.1 Å². The van der Waals surface area contributed by atoms with Crippen molar-refractivity contribution in [1.82, 2.24) is 10.2 Å². The van der Waals surface area contributed by atoms with Crippen LogP contribution in [0, 0.1) is 0 Å². The van der Waals surface area contributed by atoms with Gasteiger partial charge in [0.2, 0.25) is 0 Å². The monoisotopic (exact) mass is 344 g/mol. The molecule has 1 saturated heterocycles. The highest BCUT2D eigenvalue weighted by atomic mass is 35.5. The number of nitrogens with zero attached hydrogens (tertiary/aromatic N) is 1. The Labute approximate surface area is 139 Å². The van der Waals surface area contributed by atoms with Crippen molar-refractivity contribution in [3.05, 3.63) is 33.8 Å². The highest BCUT2D eigenvalue weighted by Gasteiger charge is 2.25. The lowest BCUT2D eigenvalue weighted by Crippen LogP contribution is -2.46. The molecule has 0 aliphatic carbocycles. The molecule has 1 N–H and O–H groups in total. The number of carbonyl (C=O) groups is 2. The van der Waals surface area contributed by atoms with Gasteiger partial charge in [0.25, 0.3) is 5.91 Å². The van der Waals surface area contributed by atoms with Crippen molar-refractivity contribution in [1.29, 1.82) is 0 Å². The fraction of sp³-hybridized carbons (Fsp3) is 0.467. The molecule has 1 aliphatic heterocycles. The number of ether oxygens (including phenoxy) is 1. The zero-order valence-electron chi connectivity index (χ0n) is 12.3. The number of carbonyl (C=O) groups excluding carboxylic acids is 2. The third-order valence-corrected chi connectivity index (χ3v) is 4.08. The number of hydrogen-bond acceptors (Lipinski definition) is 3. The zero-order valence-corrected chi connectivity index (χ0v) is 13.8. The summed E-state index contributed by atoms with van der Waals surface area (Å²) in [5, 5.41) is 3.76. The minimum Gasteiger partial charge on any atom is -0.450 e. The summed E-state index contributed by atoms with van der Waals surface area (Å²) in [7, 11) is 0. The fourth-order valence-electron chi connectivity index (χ4n) is 2.36. The number of likely N-dealkylation sites (tertiary alicyclic amines) is 1. The molecule has 0 radical (unpaired) electrons. The molecule has 0 spiro atoms. The Morgan fingerprint density at radius 2 is 2.00 bits per heavy atom. The van der Waals surface area contributed by atoms with E-state index in [1.165, 1.54) is 0 Å². The molecule has 2 amide bonds. The van der Waals surface area contributed by atoms with Crippen LogP contribution in [0.1, 0.15) is 30.1 Å². The van der Waals surface area contributed by atoms with Crippen LogP contribution in [0.5, 0.6) is 0 Å². The summed E-state index contributed by atoms with van der Waals surface area (Å²) < 4.78 is 4.96. The van der Waals surface area contributed by atoms with E-state index in [2.05, 4.69) is 5.32 Å². The summed E-state index contributed by atoms with van der Waals surface area (Å²) in [4.78, 5) is 25.5. The van der Waals surface area contributed by atoms with Crippen molar-refractivity contribution in [2.24, 2.45) is 0 Å². The molecular formula is C15H18Cl2N2O3. The van der Waals surface area contributed by atoms with Gasteiger partial charge in [-0.15, -0.1) is 0 Å². The molecule has 0 saturated carbocycles. The number of amides is 2. The summed E-state index contributed by atoms with van der Waals surface area (Å²) in [6.07, 6.45) is 1.08. The van der Waals surface area contributed by atoms with E-state index in [1.807, 2.05) is 0 Å². The van der Waals surface area contributed by atoms with Crippen molar-refractivity contribution in [2.75, 3.05) is 19.7 Å². The first kappa shape index (κ1) is 16.9. The summed E-state index contributed by atoms with van der Waals surface area (Å²) in [6, 6.07) is 4.80.